The number of hydrogen-bond donors (Lipinski definition) is 3. The molecule has 0 bridgehead atoms. The van der Waals surface area contributed by atoms with Gasteiger partial charge in [0.1, 0.15) is 5.75 Å². The number of phenols is 1. The highest BCUT2D eigenvalue weighted by Gasteiger charge is 2.39. The van der Waals surface area contributed by atoms with Crippen molar-refractivity contribution >= 4 is 5.97 Å². The molecule has 2 rings (SSSR count). The Morgan fingerprint density at radius 1 is 1.33 bits per heavy atom. The summed E-state index contributed by atoms with van der Waals surface area (Å²) in [5.74, 6) is -1.10. The minimum atomic E-state index is -1.68. The summed E-state index contributed by atoms with van der Waals surface area (Å²) in [4.78, 5) is 10.9. The van der Waals surface area contributed by atoms with Crippen LogP contribution in [0.15, 0.2) is 18.2 Å². The number of rotatable bonds is 1. The number of aryl methyl sites for hydroxylation is 1. The Hall–Kier alpha value is -1.55. The van der Waals surface area contributed by atoms with Crippen molar-refractivity contribution in [2.24, 2.45) is 0 Å². The van der Waals surface area contributed by atoms with Crippen LogP contribution in [-0.2, 0) is 17.6 Å². The average Bonchev–Trinajstić information content (AvgIpc) is 2.16. The van der Waals surface area contributed by atoms with E-state index in [2.05, 4.69) is 0 Å². The van der Waals surface area contributed by atoms with Crippen LogP contribution in [0.4, 0.5) is 0 Å². The fraction of sp³-hybridized carbons (Fsp3) is 0.364. The molecule has 0 heterocycles. The van der Waals surface area contributed by atoms with Crippen LogP contribution in [-0.4, -0.2) is 26.9 Å². The van der Waals surface area contributed by atoms with Gasteiger partial charge in [-0.25, -0.2) is 4.79 Å². The quantitative estimate of drug-likeness (QED) is 0.634. The Morgan fingerprint density at radius 2 is 2.07 bits per heavy atom. The molecule has 3 N–H and O–H groups in total. The number of aliphatic carboxylic acids is 1. The van der Waals surface area contributed by atoms with Crippen molar-refractivity contribution in [1.29, 1.82) is 0 Å². The van der Waals surface area contributed by atoms with E-state index >= 15 is 0 Å². The second-order valence-electron chi connectivity index (χ2n) is 3.97. The van der Waals surface area contributed by atoms with Crippen molar-refractivity contribution < 1.29 is 20.1 Å². The third-order valence-electron chi connectivity index (χ3n) is 2.88. The van der Waals surface area contributed by atoms with Crippen LogP contribution in [0, 0.1) is 0 Å². The zero-order valence-electron chi connectivity index (χ0n) is 8.10. The van der Waals surface area contributed by atoms with Crippen LogP contribution < -0.4 is 0 Å². The highest BCUT2D eigenvalue weighted by molar-refractivity contribution is 5.78. The molecule has 0 amide bonds. The topological polar surface area (TPSA) is 77.8 Å². The number of phenolic OH excluding ortho intramolecular Hbond substituents is 1. The Kier molecular flexibility index (Phi) is 2.16. The van der Waals surface area contributed by atoms with E-state index in [-0.39, 0.29) is 18.6 Å². The first-order valence-corrected chi connectivity index (χ1v) is 4.78. The van der Waals surface area contributed by atoms with Gasteiger partial charge in [0.15, 0.2) is 5.60 Å². The van der Waals surface area contributed by atoms with E-state index in [9.17, 15) is 15.0 Å². The van der Waals surface area contributed by atoms with E-state index in [4.69, 9.17) is 5.11 Å². The third kappa shape index (κ3) is 1.68. The highest BCUT2D eigenvalue weighted by Crippen LogP contribution is 2.30. The van der Waals surface area contributed by atoms with Gasteiger partial charge >= 0.3 is 5.97 Å². The summed E-state index contributed by atoms with van der Waals surface area (Å²) in [5, 5.41) is 28.0. The molecule has 0 saturated carbocycles. The first-order chi connectivity index (χ1) is 7.01. The van der Waals surface area contributed by atoms with E-state index < -0.39 is 11.6 Å². The number of fused-ring (bicyclic) bond motifs is 1. The van der Waals surface area contributed by atoms with Gasteiger partial charge < -0.3 is 15.3 Å². The molecule has 0 aliphatic heterocycles. The van der Waals surface area contributed by atoms with Crippen LogP contribution in [0.25, 0.3) is 0 Å². The third-order valence-corrected chi connectivity index (χ3v) is 2.88. The second-order valence-corrected chi connectivity index (χ2v) is 3.97. The normalized spacial score (nSPS) is 24.6. The monoisotopic (exact) mass is 208 g/mol. The molecule has 1 unspecified atom stereocenters. The van der Waals surface area contributed by atoms with Crippen LogP contribution in [0.1, 0.15) is 17.5 Å². The molecule has 4 heteroatoms. The molecule has 0 radical (unpaired) electrons. The lowest BCUT2D eigenvalue weighted by atomic mass is 9.80. The molecular weight excluding hydrogens is 196 g/mol. The second kappa shape index (κ2) is 3.24. The van der Waals surface area contributed by atoms with Crippen LogP contribution in [0.3, 0.4) is 0 Å². The maximum atomic E-state index is 10.9. The molecule has 0 saturated heterocycles. The predicted molar refractivity (Wildman–Crippen MR) is 52.7 cm³/mol. The minimum absolute atomic E-state index is 0.0616. The van der Waals surface area contributed by atoms with E-state index in [1.54, 1.807) is 12.1 Å². The number of benzene rings is 1. The Morgan fingerprint density at radius 3 is 2.73 bits per heavy atom. The van der Waals surface area contributed by atoms with Crippen molar-refractivity contribution in [3.05, 3.63) is 29.3 Å². The van der Waals surface area contributed by atoms with Crippen molar-refractivity contribution in [1.82, 2.24) is 0 Å². The molecule has 1 aliphatic carbocycles. The van der Waals surface area contributed by atoms with Gasteiger partial charge in [-0.2, -0.15) is 0 Å². The molecule has 15 heavy (non-hydrogen) atoms. The largest absolute Gasteiger partial charge is 0.508 e. The maximum Gasteiger partial charge on any atom is 0.336 e. The van der Waals surface area contributed by atoms with Crippen LogP contribution in [0.2, 0.25) is 0 Å². The van der Waals surface area contributed by atoms with Crippen LogP contribution >= 0.6 is 0 Å². The SMILES string of the molecule is O=C(O)C1(O)CCc2ccc(O)cc2C1. The zero-order valence-corrected chi connectivity index (χ0v) is 8.10. The number of hydrogen-bond acceptors (Lipinski definition) is 3. The summed E-state index contributed by atoms with van der Waals surface area (Å²) < 4.78 is 0. The molecule has 80 valence electrons. The summed E-state index contributed by atoms with van der Waals surface area (Å²) >= 11 is 0. The van der Waals surface area contributed by atoms with E-state index in [1.165, 1.54) is 6.07 Å². The molecule has 0 aromatic heterocycles. The van der Waals surface area contributed by atoms with Gasteiger partial charge in [0, 0.05) is 6.42 Å². The molecule has 1 atom stereocenters. The highest BCUT2D eigenvalue weighted by atomic mass is 16.4. The predicted octanol–water partition coefficient (Wildman–Crippen LogP) is 0.697. The molecule has 1 aliphatic rings. The molecule has 1 aromatic rings. The molecular formula is C11H12O4. The van der Waals surface area contributed by atoms with Gasteiger partial charge in [0.25, 0.3) is 0 Å². The van der Waals surface area contributed by atoms with Crippen LogP contribution in [0.5, 0.6) is 5.75 Å². The number of carbonyl (C=O) groups is 1. The summed E-state index contributed by atoms with van der Waals surface area (Å²) in [7, 11) is 0. The van der Waals surface area contributed by atoms with Crippen molar-refractivity contribution in [2.75, 3.05) is 0 Å². The van der Waals surface area contributed by atoms with Crippen molar-refractivity contribution in [2.45, 2.75) is 24.9 Å². The standard InChI is InChI=1S/C11H12O4/c12-9-2-1-7-3-4-11(15,10(13)14)6-8(7)5-9/h1-2,5,12,15H,3-4,6H2,(H,13,14). The summed E-state index contributed by atoms with van der Waals surface area (Å²) in [6.07, 6.45) is 0.810. The number of carboxylic acids is 1. The number of aromatic hydroxyl groups is 1. The lowest BCUT2D eigenvalue weighted by Crippen LogP contribution is -2.43. The summed E-state index contributed by atoms with van der Waals surface area (Å²) in [5.41, 5.74) is 0.0331. The zero-order chi connectivity index (χ0) is 11.1. The Labute approximate surface area is 86.8 Å². The minimum Gasteiger partial charge on any atom is -0.508 e. The van der Waals surface area contributed by atoms with Gasteiger partial charge in [-0.1, -0.05) is 6.07 Å². The number of aliphatic hydroxyl groups is 1. The van der Waals surface area contributed by atoms with Crippen molar-refractivity contribution in [3.63, 3.8) is 0 Å². The van der Waals surface area contributed by atoms with Gasteiger partial charge in [-0.3, -0.25) is 0 Å². The summed E-state index contributed by atoms with van der Waals surface area (Å²) in [6, 6.07) is 4.86. The molecule has 1 aromatic carbocycles. The van der Waals surface area contributed by atoms with Gasteiger partial charge in [0.2, 0.25) is 0 Å². The lowest BCUT2D eigenvalue weighted by molar-refractivity contribution is -0.159. The van der Waals surface area contributed by atoms with Gasteiger partial charge in [-0.05, 0) is 36.1 Å². The molecule has 0 spiro atoms. The summed E-state index contributed by atoms with van der Waals surface area (Å²) in [6.45, 7) is 0. The van der Waals surface area contributed by atoms with Gasteiger partial charge in [0.05, 0.1) is 0 Å². The Balaban J connectivity index is 2.37. The Bertz CT molecular complexity index is 413. The van der Waals surface area contributed by atoms with Crippen molar-refractivity contribution in [3.8, 4) is 5.75 Å². The van der Waals surface area contributed by atoms with E-state index in [0.29, 0.717) is 12.0 Å². The number of carboxylic acid groups (broad SMARTS) is 1. The van der Waals surface area contributed by atoms with E-state index in [1.807, 2.05) is 0 Å². The maximum absolute atomic E-state index is 10.9. The van der Waals surface area contributed by atoms with Gasteiger partial charge in [-0.15, -0.1) is 0 Å². The average molecular weight is 208 g/mol. The first-order valence-electron chi connectivity index (χ1n) is 4.78. The lowest BCUT2D eigenvalue weighted by Gasteiger charge is -2.29. The molecule has 0 fully saturated rings. The fourth-order valence-electron chi connectivity index (χ4n) is 1.95. The smallest absolute Gasteiger partial charge is 0.336 e. The van der Waals surface area contributed by atoms with E-state index in [0.717, 1.165) is 5.56 Å². The first kappa shape index (κ1) is 9.98. The fourth-order valence-corrected chi connectivity index (χ4v) is 1.95. The molecule has 4 nitrogen and oxygen atoms in total.